The molecule has 2 aromatic rings. The van der Waals surface area contributed by atoms with Gasteiger partial charge in [-0.15, -0.1) is 0 Å². The highest BCUT2D eigenvalue weighted by Gasteiger charge is 2.39. The van der Waals surface area contributed by atoms with Crippen molar-refractivity contribution in [2.75, 3.05) is 25.0 Å². The number of halogens is 1. The lowest BCUT2D eigenvalue weighted by molar-refractivity contribution is 0.102. The van der Waals surface area contributed by atoms with Crippen molar-refractivity contribution in [3.8, 4) is 0 Å². The Bertz CT molecular complexity index is 1070. The molecule has 0 bridgehead atoms. The molecule has 0 radical (unpaired) electrons. The molecule has 0 aliphatic carbocycles. The lowest BCUT2D eigenvalue weighted by atomic mass is 10.0. The lowest BCUT2D eigenvalue weighted by Crippen LogP contribution is -2.46. The summed E-state index contributed by atoms with van der Waals surface area (Å²) in [4.78, 5) is 21.4. The highest BCUT2D eigenvalue weighted by molar-refractivity contribution is 7.86. The first kappa shape index (κ1) is 21.8. The molecule has 31 heavy (non-hydrogen) atoms. The van der Waals surface area contributed by atoms with E-state index in [0.717, 1.165) is 25.7 Å². The summed E-state index contributed by atoms with van der Waals surface area (Å²) in [5.74, 6) is -0.655. The zero-order valence-corrected chi connectivity index (χ0v) is 18.2. The molecule has 4 rings (SSSR count). The number of nitrogens with zero attached hydrogens (tertiary/aromatic N) is 4. The van der Waals surface area contributed by atoms with Crippen LogP contribution in [0.15, 0.2) is 30.5 Å². The molecule has 10 heteroatoms. The van der Waals surface area contributed by atoms with Gasteiger partial charge in [0.05, 0.1) is 23.0 Å². The number of para-hydroxylation sites is 1. The van der Waals surface area contributed by atoms with Crippen LogP contribution in [-0.2, 0) is 10.2 Å². The number of carbonyl (C=O) groups excluding carboxylic acids is 1. The Kier molecular flexibility index (Phi) is 6.31. The molecule has 1 N–H and O–H groups in total. The van der Waals surface area contributed by atoms with Crippen LogP contribution in [0.25, 0.3) is 0 Å². The number of rotatable bonds is 5. The Balaban J connectivity index is 1.57. The molecule has 0 unspecified atom stereocenters. The van der Waals surface area contributed by atoms with Crippen LogP contribution in [0, 0.1) is 12.7 Å². The molecule has 166 valence electrons. The van der Waals surface area contributed by atoms with Crippen molar-refractivity contribution in [2.45, 2.75) is 45.1 Å². The minimum Gasteiger partial charge on any atom is -0.319 e. The van der Waals surface area contributed by atoms with Crippen LogP contribution < -0.4 is 5.32 Å². The van der Waals surface area contributed by atoms with Gasteiger partial charge >= 0.3 is 0 Å². The zero-order chi connectivity index (χ0) is 22.0. The van der Waals surface area contributed by atoms with E-state index in [1.54, 1.807) is 19.1 Å². The Labute approximate surface area is 181 Å². The van der Waals surface area contributed by atoms with E-state index in [-0.39, 0.29) is 11.3 Å². The molecule has 8 nitrogen and oxygen atoms in total. The van der Waals surface area contributed by atoms with Crippen LogP contribution in [0.1, 0.15) is 60.0 Å². The van der Waals surface area contributed by atoms with Gasteiger partial charge in [-0.2, -0.15) is 17.0 Å². The van der Waals surface area contributed by atoms with Crippen molar-refractivity contribution in [3.05, 3.63) is 53.4 Å². The number of hydrogen-bond donors (Lipinski definition) is 1. The smallest absolute Gasteiger partial charge is 0.282 e. The molecule has 1 atom stereocenters. The van der Waals surface area contributed by atoms with E-state index in [1.807, 2.05) is 0 Å². The summed E-state index contributed by atoms with van der Waals surface area (Å²) in [7, 11) is -3.58. The van der Waals surface area contributed by atoms with Gasteiger partial charge in [0.2, 0.25) is 0 Å². The second kappa shape index (κ2) is 8.97. The van der Waals surface area contributed by atoms with Gasteiger partial charge < -0.3 is 5.32 Å². The lowest BCUT2D eigenvalue weighted by Gasteiger charge is -2.36. The fourth-order valence-electron chi connectivity index (χ4n) is 4.13. The van der Waals surface area contributed by atoms with Gasteiger partial charge in [0.15, 0.2) is 0 Å². The minimum absolute atomic E-state index is 0.0751. The van der Waals surface area contributed by atoms with Gasteiger partial charge in [-0.1, -0.05) is 18.6 Å². The van der Waals surface area contributed by atoms with E-state index >= 15 is 0 Å². The van der Waals surface area contributed by atoms with Crippen molar-refractivity contribution in [1.29, 1.82) is 0 Å². The van der Waals surface area contributed by atoms with Gasteiger partial charge in [0, 0.05) is 25.8 Å². The first-order valence-electron chi connectivity index (χ1n) is 10.5. The number of hydrogen-bond acceptors (Lipinski definition) is 5. The maximum Gasteiger partial charge on any atom is 0.282 e. The number of amides is 1. The third-order valence-electron chi connectivity index (χ3n) is 5.80. The summed E-state index contributed by atoms with van der Waals surface area (Å²) in [5.41, 5.74) is 0.714. The molecule has 2 aliphatic heterocycles. The molecule has 3 heterocycles. The second-order valence-electron chi connectivity index (χ2n) is 7.90. The number of benzene rings is 1. The largest absolute Gasteiger partial charge is 0.319 e. The summed E-state index contributed by atoms with van der Waals surface area (Å²) in [6, 6.07) is 5.45. The Morgan fingerprint density at radius 1 is 1.13 bits per heavy atom. The topological polar surface area (TPSA) is 95.5 Å². The number of aryl methyl sites for hydroxylation is 1. The van der Waals surface area contributed by atoms with Crippen LogP contribution in [0.3, 0.4) is 0 Å². The molecule has 0 saturated carbocycles. The normalized spacial score (nSPS) is 20.6. The number of aromatic nitrogens is 2. The molecular formula is C21H26FN5O3S. The van der Waals surface area contributed by atoms with Crippen molar-refractivity contribution < 1.29 is 17.6 Å². The van der Waals surface area contributed by atoms with Crippen LogP contribution >= 0.6 is 0 Å². The zero-order valence-electron chi connectivity index (χ0n) is 17.4. The minimum atomic E-state index is -3.58. The van der Waals surface area contributed by atoms with E-state index in [4.69, 9.17) is 0 Å². The Morgan fingerprint density at radius 2 is 1.84 bits per heavy atom. The van der Waals surface area contributed by atoms with Crippen LogP contribution in [0.2, 0.25) is 0 Å². The number of nitrogens with one attached hydrogen (secondary N) is 1. The summed E-state index contributed by atoms with van der Waals surface area (Å²) in [6.07, 6.45) is 5.45. The fraction of sp³-hybridized carbons (Fsp3) is 0.476. The van der Waals surface area contributed by atoms with Crippen LogP contribution in [0.4, 0.5) is 10.1 Å². The Morgan fingerprint density at radius 3 is 2.55 bits per heavy atom. The van der Waals surface area contributed by atoms with Gasteiger partial charge in [-0.25, -0.2) is 14.4 Å². The maximum atomic E-state index is 13.8. The van der Waals surface area contributed by atoms with Crippen molar-refractivity contribution in [1.82, 2.24) is 18.6 Å². The molecule has 0 spiro atoms. The first-order valence-corrected chi connectivity index (χ1v) is 11.9. The van der Waals surface area contributed by atoms with E-state index in [2.05, 4.69) is 15.3 Å². The quantitative estimate of drug-likeness (QED) is 0.760. The average Bonchev–Trinajstić information content (AvgIpc) is 3.31. The third kappa shape index (κ3) is 4.46. The molecule has 2 fully saturated rings. The standard InChI is InChI=1S/C21H26FN5O3S/c1-15-16(21(28)25-18-9-3-2-8-17(18)22)14-23-20(24-15)19-10-4-5-13-27(19)31(29,30)26-11-6-7-12-26/h2-3,8-9,14,19H,4-7,10-13H2,1H3,(H,25,28)/t19-/m1/s1. The van der Waals surface area contributed by atoms with Gasteiger partial charge in [-0.05, 0) is 44.7 Å². The highest BCUT2D eigenvalue weighted by atomic mass is 32.2. The number of carbonyl (C=O) groups is 1. The van der Waals surface area contributed by atoms with E-state index in [9.17, 15) is 17.6 Å². The van der Waals surface area contributed by atoms with Crippen molar-refractivity contribution in [3.63, 3.8) is 0 Å². The molecule has 1 aromatic carbocycles. The predicted octanol–water partition coefficient (Wildman–Crippen LogP) is 3.04. The molecule has 2 aliphatic rings. The second-order valence-corrected chi connectivity index (χ2v) is 9.78. The maximum absolute atomic E-state index is 13.8. The summed E-state index contributed by atoms with van der Waals surface area (Å²) in [6.45, 7) is 3.19. The Hall–Kier alpha value is -2.43. The number of piperidine rings is 1. The van der Waals surface area contributed by atoms with E-state index < -0.39 is 28.0 Å². The van der Waals surface area contributed by atoms with Crippen molar-refractivity contribution in [2.24, 2.45) is 0 Å². The summed E-state index contributed by atoms with van der Waals surface area (Å²) < 4.78 is 43.2. The molecular weight excluding hydrogens is 421 g/mol. The van der Waals surface area contributed by atoms with Crippen molar-refractivity contribution >= 4 is 21.8 Å². The van der Waals surface area contributed by atoms with Crippen LogP contribution in [-0.4, -0.2) is 52.5 Å². The van der Waals surface area contributed by atoms with E-state index in [0.29, 0.717) is 37.6 Å². The van der Waals surface area contributed by atoms with Gasteiger partial charge in [-0.3, -0.25) is 4.79 Å². The van der Waals surface area contributed by atoms with Gasteiger partial charge in [0.25, 0.3) is 16.1 Å². The third-order valence-corrected chi connectivity index (χ3v) is 7.85. The fourth-order valence-corrected chi connectivity index (χ4v) is 6.02. The predicted molar refractivity (Wildman–Crippen MR) is 114 cm³/mol. The van der Waals surface area contributed by atoms with E-state index in [1.165, 1.54) is 26.9 Å². The SMILES string of the molecule is Cc1nc([C@H]2CCCCN2S(=O)(=O)N2CCCC2)ncc1C(=O)Nc1ccccc1F. The highest BCUT2D eigenvalue weighted by Crippen LogP contribution is 2.33. The first-order chi connectivity index (χ1) is 14.9. The summed E-state index contributed by atoms with van der Waals surface area (Å²) in [5, 5.41) is 2.53. The monoisotopic (exact) mass is 447 g/mol. The number of anilines is 1. The van der Waals surface area contributed by atoms with Gasteiger partial charge in [0.1, 0.15) is 11.6 Å². The average molecular weight is 448 g/mol. The molecule has 1 aromatic heterocycles. The summed E-state index contributed by atoms with van der Waals surface area (Å²) >= 11 is 0. The molecule has 2 saturated heterocycles. The van der Waals surface area contributed by atoms with Crippen LogP contribution in [0.5, 0.6) is 0 Å². The molecule has 1 amide bonds.